The van der Waals surface area contributed by atoms with Crippen LogP contribution < -0.4 is 0 Å². The van der Waals surface area contributed by atoms with Gasteiger partial charge in [0.2, 0.25) is 0 Å². The van der Waals surface area contributed by atoms with E-state index in [1.807, 2.05) is 43.0 Å². The molecule has 0 aliphatic carbocycles. The van der Waals surface area contributed by atoms with Crippen molar-refractivity contribution in [2.75, 3.05) is 6.54 Å². The molecule has 0 unspecified atom stereocenters. The predicted octanol–water partition coefficient (Wildman–Crippen LogP) is 3.08. The molecule has 0 saturated heterocycles. The zero-order valence-corrected chi connectivity index (χ0v) is 14.4. The predicted molar refractivity (Wildman–Crippen MR) is 95.7 cm³/mol. The normalized spacial score (nSPS) is 13.6. The lowest BCUT2D eigenvalue weighted by atomic mass is 10.00. The second-order valence-electron chi connectivity index (χ2n) is 6.64. The number of carbonyl (C=O) groups excluding carboxylic acids is 1. The zero-order valence-electron chi connectivity index (χ0n) is 14.4. The molecule has 5 nitrogen and oxygen atoms in total. The molecule has 4 rings (SSSR count). The molecule has 1 aliphatic rings. The van der Waals surface area contributed by atoms with E-state index >= 15 is 0 Å². The van der Waals surface area contributed by atoms with Crippen LogP contribution >= 0.6 is 0 Å². The standard InChI is InChI=1S/C20H20N4O/c1-14-9-15(2)11-18(10-14)24-13-19(21-22-24)20(25)23-8-7-16-5-3-4-6-17(16)12-23/h3-6,9-11,13H,7-8,12H2,1-2H3. The van der Waals surface area contributed by atoms with Gasteiger partial charge in [-0.05, 0) is 54.7 Å². The van der Waals surface area contributed by atoms with Crippen LogP contribution in [0.4, 0.5) is 0 Å². The molecule has 0 atom stereocenters. The highest BCUT2D eigenvalue weighted by Crippen LogP contribution is 2.20. The van der Waals surface area contributed by atoms with Crippen molar-refractivity contribution in [2.45, 2.75) is 26.8 Å². The molecule has 5 heteroatoms. The number of aryl methyl sites for hydroxylation is 2. The summed E-state index contributed by atoms with van der Waals surface area (Å²) >= 11 is 0. The number of amides is 1. The molecule has 1 aliphatic heterocycles. The highest BCUT2D eigenvalue weighted by molar-refractivity contribution is 5.92. The van der Waals surface area contributed by atoms with Gasteiger partial charge in [0.1, 0.15) is 0 Å². The SMILES string of the molecule is Cc1cc(C)cc(-n2cc(C(=O)N3CCc4ccccc4C3)nn2)c1. The summed E-state index contributed by atoms with van der Waals surface area (Å²) in [6.45, 7) is 5.44. The molecule has 0 radical (unpaired) electrons. The van der Waals surface area contributed by atoms with E-state index in [1.54, 1.807) is 10.9 Å². The van der Waals surface area contributed by atoms with Gasteiger partial charge in [-0.1, -0.05) is 35.5 Å². The Morgan fingerprint density at radius 2 is 1.76 bits per heavy atom. The van der Waals surface area contributed by atoms with E-state index in [2.05, 4.69) is 28.5 Å². The highest BCUT2D eigenvalue weighted by atomic mass is 16.2. The molecular formula is C20H20N4O. The Morgan fingerprint density at radius 1 is 1.04 bits per heavy atom. The zero-order chi connectivity index (χ0) is 17.4. The Kier molecular flexibility index (Phi) is 3.84. The fourth-order valence-corrected chi connectivity index (χ4v) is 3.40. The van der Waals surface area contributed by atoms with E-state index in [-0.39, 0.29) is 5.91 Å². The van der Waals surface area contributed by atoms with Gasteiger partial charge in [-0.15, -0.1) is 5.10 Å². The van der Waals surface area contributed by atoms with Crippen LogP contribution in [0.25, 0.3) is 5.69 Å². The van der Waals surface area contributed by atoms with Crippen molar-refractivity contribution in [2.24, 2.45) is 0 Å². The second kappa shape index (κ2) is 6.16. The van der Waals surface area contributed by atoms with Crippen molar-refractivity contribution < 1.29 is 4.79 Å². The highest BCUT2D eigenvalue weighted by Gasteiger charge is 2.23. The number of hydrogen-bond donors (Lipinski definition) is 0. The molecule has 1 aromatic heterocycles. The smallest absolute Gasteiger partial charge is 0.276 e. The van der Waals surface area contributed by atoms with Crippen LogP contribution in [0.1, 0.15) is 32.7 Å². The molecule has 1 amide bonds. The molecule has 0 saturated carbocycles. The second-order valence-corrected chi connectivity index (χ2v) is 6.64. The van der Waals surface area contributed by atoms with E-state index in [0.717, 1.165) is 23.2 Å². The van der Waals surface area contributed by atoms with Crippen LogP contribution in [0.2, 0.25) is 0 Å². The molecule has 2 aromatic carbocycles. The van der Waals surface area contributed by atoms with E-state index in [1.165, 1.54) is 11.1 Å². The van der Waals surface area contributed by atoms with E-state index in [0.29, 0.717) is 18.8 Å². The van der Waals surface area contributed by atoms with Crippen molar-refractivity contribution in [3.8, 4) is 5.69 Å². The molecule has 3 aromatic rings. The van der Waals surface area contributed by atoms with Gasteiger partial charge in [0, 0.05) is 13.1 Å². The summed E-state index contributed by atoms with van der Waals surface area (Å²) in [4.78, 5) is 14.6. The first-order valence-corrected chi connectivity index (χ1v) is 8.47. The van der Waals surface area contributed by atoms with Crippen LogP contribution in [0.3, 0.4) is 0 Å². The van der Waals surface area contributed by atoms with Crippen molar-refractivity contribution >= 4 is 5.91 Å². The van der Waals surface area contributed by atoms with Gasteiger partial charge in [-0.2, -0.15) is 0 Å². The van der Waals surface area contributed by atoms with Gasteiger partial charge in [-0.25, -0.2) is 4.68 Å². The average Bonchev–Trinajstić information content (AvgIpc) is 3.10. The van der Waals surface area contributed by atoms with Crippen molar-refractivity contribution in [3.63, 3.8) is 0 Å². The average molecular weight is 332 g/mol. The maximum atomic E-state index is 12.8. The third-order valence-corrected chi connectivity index (χ3v) is 4.60. The topological polar surface area (TPSA) is 51.0 Å². The maximum Gasteiger partial charge on any atom is 0.276 e. The number of fused-ring (bicyclic) bond motifs is 1. The number of rotatable bonds is 2. The Hall–Kier alpha value is -2.95. The number of hydrogen-bond acceptors (Lipinski definition) is 3. The Labute approximate surface area is 146 Å². The first-order valence-electron chi connectivity index (χ1n) is 8.47. The third-order valence-electron chi connectivity index (χ3n) is 4.60. The molecule has 0 bridgehead atoms. The Balaban J connectivity index is 1.57. The summed E-state index contributed by atoms with van der Waals surface area (Å²) in [7, 11) is 0. The van der Waals surface area contributed by atoms with E-state index in [4.69, 9.17) is 0 Å². The summed E-state index contributed by atoms with van der Waals surface area (Å²) in [6, 6.07) is 14.5. The number of nitrogens with zero attached hydrogens (tertiary/aromatic N) is 4. The van der Waals surface area contributed by atoms with Crippen LogP contribution in [0.15, 0.2) is 48.7 Å². The fraction of sp³-hybridized carbons (Fsp3) is 0.250. The fourth-order valence-electron chi connectivity index (χ4n) is 3.40. The van der Waals surface area contributed by atoms with E-state index in [9.17, 15) is 4.79 Å². The number of aromatic nitrogens is 3. The molecule has 126 valence electrons. The van der Waals surface area contributed by atoms with Gasteiger partial charge in [0.15, 0.2) is 5.69 Å². The molecule has 0 spiro atoms. The largest absolute Gasteiger partial charge is 0.333 e. The van der Waals surface area contributed by atoms with Crippen LogP contribution in [0, 0.1) is 13.8 Å². The van der Waals surface area contributed by atoms with Gasteiger partial charge in [0.25, 0.3) is 5.91 Å². The van der Waals surface area contributed by atoms with Gasteiger partial charge < -0.3 is 4.90 Å². The van der Waals surface area contributed by atoms with E-state index < -0.39 is 0 Å². The quantitative estimate of drug-likeness (QED) is 0.725. The molecule has 0 N–H and O–H groups in total. The van der Waals surface area contributed by atoms with Crippen LogP contribution in [-0.2, 0) is 13.0 Å². The number of benzene rings is 2. The lowest BCUT2D eigenvalue weighted by Crippen LogP contribution is -2.36. The van der Waals surface area contributed by atoms with Gasteiger partial charge in [0.05, 0.1) is 11.9 Å². The monoisotopic (exact) mass is 332 g/mol. The maximum absolute atomic E-state index is 12.8. The van der Waals surface area contributed by atoms with Crippen LogP contribution in [0.5, 0.6) is 0 Å². The van der Waals surface area contributed by atoms with Crippen molar-refractivity contribution in [1.82, 2.24) is 19.9 Å². The molecular weight excluding hydrogens is 312 g/mol. The minimum absolute atomic E-state index is 0.0647. The number of carbonyl (C=O) groups is 1. The Morgan fingerprint density at radius 3 is 2.52 bits per heavy atom. The first-order chi connectivity index (χ1) is 12.1. The third kappa shape index (κ3) is 3.05. The van der Waals surface area contributed by atoms with Crippen molar-refractivity contribution in [1.29, 1.82) is 0 Å². The summed E-state index contributed by atoms with van der Waals surface area (Å²) in [5.74, 6) is -0.0647. The molecule has 25 heavy (non-hydrogen) atoms. The summed E-state index contributed by atoms with van der Waals surface area (Å²) in [5.41, 5.74) is 6.16. The summed E-state index contributed by atoms with van der Waals surface area (Å²) in [5, 5.41) is 8.25. The summed E-state index contributed by atoms with van der Waals surface area (Å²) in [6.07, 6.45) is 2.60. The van der Waals surface area contributed by atoms with Gasteiger partial charge in [-0.3, -0.25) is 4.79 Å². The first kappa shape index (κ1) is 15.6. The summed E-state index contributed by atoms with van der Waals surface area (Å²) < 4.78 is 1.67. The minimum atomic E-state index is -0.0647. The van der Waals surface area contributed by atoms with Crippen LogP contribution in [-0.4, -0.2) is 32.3 Å². The lowest BCUT2D eigenvalue weighted by Gasteiger charge is -2.28. The lowest BCUT2D eigenvalue weighted by molar-refractivity contribution is 0.0728. The minimum Gasteiger partial charge on any atom is -0.333 e. The molecule has 2 heterocycles. The van der Waals surface area contributed by atoms with Crippen molar-refractivity contribution in [3.05, 3.63) is 76.6 Å². The van der Waals surface area contributed by atoms with Gasteiger partial charge >= 0.3 is 0 Å². The Bertz CT molecular complexity index is 924. The molecule has 0 fully saturated rings.